The minimum absolute atomic E-state index is 0.0727. The summed E-state index contributed by atoms with van der Waals surface area (Å²) in [5.74, 6) is 0.0740. The van der Waals surface area contributed by atoms with Gasteiger partial charge in [-0.05, 0) is 55.4 Å². The molecular weight excluding hydrogens is 338 g/mol. The molecule has 1 saturated carbocycles. The highest BCUT2D eigenvalue weighted by Crippen LogP contribution is 2.49. The minimum Gasteiger partial charge on any atom is -0.507 e. The molecule has 3 aromatic rings. The Balaban J connectivity index is 1.76. The van der Waals surface area contributed by atoms with Crippen molar-refractivity contribution >= 4 is 22.4 Å². The predicted octanol–water partition coefficient (Wildman–Crippen LogP) is 3.76. The van der Waals surface area contributed by atoms with Crippen LogP contribution in [0.2, 0.25) is 5.02 Å². The number of aromatic nitrogens is 3. The van der Waals surface area contributed by atoms with Crippen molar-refractivity contribution in [3.8, 4) is 17.0 Å². The molecule has 5 nitrogen and oxygen atoms in total. The molecule has 2 aromatic heterocycles. The molecule has 1 aliphatic rings. The van der Waals surface area contributed by atoms with E-state index < -0.39 is 0 Å². The lowest BCUT2D eigenvalue weighted by Gasteiger charge is -2.13. The Morgan fingerprint density at radius 2 is 1.96 bits per heavy atom. The van der Waals surface area contributed by atoms with Crippen LogP contribution in [0.15, 0.2) is 36.7 Å². The number of aryl methyl sites for hydroxylation is 1. The lowest BCUT2D eigenvalue weighted by atomic mass is 9.97. The van der Waals surface area contributed by atoms with Crippen LogP contribution < -0.4 is 0 Å². The van der Waals surface area contributed by atoms with Crippen LogP contribution in [0.25, 0.3) is 22.0 Å². The minimum atomic E-state index is 0.0727. The number of phenols is 1. The van der Waals surface area contributed by atoms with E-state index in [1.165, 1.54) is 6.07 Å². The molecular formula is C19H18ClN3O2. The highest BCUT2D eigenvalue weighted by Gasteiger charge is 2.41. The third kappa shape index (κ3) is 3.05. The number of nitrogens with zero attached hydrogens (tertiary/aromatic N) is 3. The van der Waals surface area contributed by atoms with Crippen LogP contribution in [0.1, 0.15) is 25.0 Å². The lowest BCUT2D eigenvalue weighted by molar-refractivity contribution is 0.203. The normalized spacial score (nSPS) is 15.4. The van der Waals surface area contributed by atoms with Crippen molar-refractivity contribution < 1.29 is 10.2 Å². The van der Waals surface area contributed by atoms with Crippen LogP contribution in [0, 0.1) is 5.41 Å². The highest BCUT2D eigenvalue weighted by molar-refractivity contribution is 6.30. The third-order valence-electron chi connectivity index (χ3n) is 5.06. The Morgan fingerprint density at radius 1 is 1.12 bits per heavy atom. The van der Waals surface area contributed by atoms with Crippen LogP contribution in [-0.4, -0.2) is 32.0 Å². The van der Waals surface area contributed by atoms with Gasteiger partial charge in [-0.15, -0.1) is 5.10 Å². The summed E-state index contributed by atoms with van der Waals surface area (Å²) >= 11 is 5.92. The molecule has 25 heavy (non-hydrogen) atoms. The van der Waals surface area contributed by atoms with Crippen LogP contribution in [0.3, 0.4) is 0 Å². The van der Waals surface area contributed by atoms with Gasteiger partial charge in [-0.2, -0.15) is 5.10 Å². The molecule has 1 aromatic carbocycles. The first-order valence-corrected chi connectivity index (χ1v) is 8.69. The maximum atomic E-state index is 10.2. The molecule has 128 valence electrons. The number of benzene rings is 1. The summed E-state index contributed by atoms with van der Waals surface area (Å²) in [5, 5.41) is 30.8. The van der Waals surface area contributed by atoms with Crippen molar-refractivity contribution in [2.24, 2.45) is 5.41 Å². The fraction of sp³-hybridized carbons (Fsp3) is 0.316. The third-order valence-corrected chi connectivity index (χ3v) is 5.29. The zero-order chi connectivity index (χ0) is 17.4. The van der Waals surface area contributed by atoms with E-state index in [0.717, 1.165) is 42.1 Å². The van der Waals surface area contributed by atoms with E-state index in [0.29, 0.717) is 16.3 Å². The molecule has 0 atom stereocenters. The number of fused-ring (bicyclic) bond motifs is 1. The molecule has 0 aliphatic heterocycles. The molecule has 6 heteroatoms. The van der Waals surface area contributed by atoms with Gasteiger partial charge in [0, 0.05) is 40.4 Å². The van der Waals surface area contributed by atoms with E-state index in [2.05, 4.69) is 15.2 Å². The molecule has 2 heterocycles. The predicted molar refractivity (Wildman–Crippen MR) is 96.5 cm³/mol. The Hall–Kier alpha value is -2.24. The topological polar surface area (TPSA) is 79.1 Å². The van der Waals surface area contributed by atoms with E-state index in [1.54, 1.807) is 24.5 Å². The summed E-state index contributed by atoms with van der Waals surface area (Å²) in [4.78, 5) is 4.22. The zero-order valence-corrected chi connectivity index (χ0v) is 14.4. The first-order chi connectivity index (χ1) is 12.1. The monoisotopic (exact) mass is 355 g/mol. The second-order valence-corrected chi connectivity index (χ2v) is 7.17. The first-order valence-electron chi connectivity index (χ1n) is 8.31. The molecule has 0 unspecified atom stereocenters. The molecule has 0 amide bonds. The summed E-state index contributed by atoms with van der Waals surface area (Å²) in [6.07, 6.45) is 7.29. The fourth-order valence-corrected chi connectivity index (χ4v) is 3.35. The van der Waals surface area contributed by atoms with E-state index in [-0.39, 0.29) is 17.8 Å². The first kappa shape index (κ1) is 16.2. The van der Waals surface area contributed by atoms with E-state index in [4.69, 9.17) is 11.6 Å². The van der Waals surface area contributed by atoms with Gasteiger partial charge in [0.15, 0.2) is 0 Å². The number of halogens is 1. The van der Waals surface area contributed by atoms with Crippen LogP contribution in [0.4, 0.5) is 0 Å². The number of hydrogen-bond donors (Lipinski definition) is 2. The molecule has 4 rings (SSSR count). The van der Waals surface area contributed by atoms with Crippen LogP contribution >= 0.6 is 11.6 Å². The number of hydrogen-bond acceptors (Lipinski definition) is 5. The number of aromatic hydroxyl groups is 1. The smallest absolute Gasteiger partial charge is 0.126 e. The van der Waals surface area contributed by atoms with Gasteiger partial charge in [0.1, 0.15) is 11.4 Å². The van der Waals surface area contributed by atoms with E-state index in [1.807, 2.05) is 6.07 Å². The van der Waals surface area contributed by atoms with Crippen molar-refractivity contribution in [2.45, 2.75) is 25.7 Å². The number of rotatable bonds is 5. The van der Waals surface area contributed by atoms with Crippen molar-refractivity contribution in [3.05, 3.63) is 47.4 Å². The summed E-state index contributed by atoms with van der Waals surface area (Å²) in [6, 6.07) is 6.84. The second-order valence-electron chi connectivity index (χ2n) is 6.74. The largest absolute Gasteiger partial charge is 0.507 e. The average Bonchev–Trinajstić information content (AvgIpc) is 3.41. The highest BCUT2D eigenvalue weighted by atomic mass is 35.5. The number of aliphatic hydroxyl groups is 1. The van der Waals surface area contributed by atoms with Crippen molar-refractivity contribution in [3.63, 3.8) is 0 Å². The number of aliphatic hydroxyl groups excluding tert-OH is 1. The van der Waals surface area contributed by atoms with Crippen molar-refractivity contribution in [1.82, 2.24) is 15.2 Å². The van der Waals surface area contributed by atoms with Crippen LogP contribution in [0.5, 0.6) is 5.75 Å². The summed E-state index contributed by atoms with van der Waals surface area (Å²) in [6.45, 7) is 0.230. The quantitative estimate of drug-likeness (QED) is 0.728. The van der Waals surface area contributed by atoms with Gasteiger partial charge in [-0.3, -0.25) is 4.98 Å². The van der Waals surface area contributed by atoms with Gasteiger partial charge in [0.2, 0.25) is 0 Å². The van der Waals surface area contributed by atoms with Crippen molar-refractivity contribution in [2.75, 3.05) is 6.61 Å². The van der Waals surface area contributed by atoms with Gasteiger partial charge >= 0.3 is 0 Å². The Kier molecular flexibility index (Phi) is 4.06. The van der Waals surface area contributed by atoms with Gasteiger partial charge in [0.25, 0.3) is 0 Å². The average molecular weight is 356 g/mol. The molecule has 0 saturated heterocycles. The van der Waals surface area contributed by atoms with Gasteiger partial charge < -0.3 is 10.2 Å². The summed E-state index contributed by atoms with van der Waals surface area (Å²) < 4.78 is 0. The molecule has 1 fully saturated rings. The summed E-state index contributed by atoms with van der Waals surface area (Å²) in [5.41, 5.74) is 2.15. The maximum absolute atomic E-state index is 10.2. The molecule has 2 N–H and O–H groups in total. The van der Waals surface area contributed by atoms with E-state index in [9.17, 15) is 10.2 Å². The lowest BCUT2D eigenvalue weighted by Crippen LogP contribution is -2.09. The standard InChI is InChI=1S/C19H18ClN3O2/c20-12-1-2-14(17(25)9-12)18-13-4-8-21-10-15(13)16(22-23-18)3-5-19(11-24)6-7-19/h1-2,4,8-10,24-25H,3,5-7,11H2. The zero-order valence-electron chi connectivity index (χ0n) is 13.6. The van der Waals surface area contributed by atoms with Gasteiger partial charge in [-0.25, -0.2) is 0 Å². The fourth-order valence-electron chi connectivity index (χ4n) is 3.19. The molecule has 1 aliphatic carbocycles. The van der Waals surface area contributed by atoms with Crippen molar-refractivity contribution in [1.29, 1.82) is 0 Å². The van der Waals surface area contributed by atoms with Crippen LogP contribution in [-0.2, 0) is 6.42 Å². The Labute approximate surface area is 150 Å². The number of phenolic OH excluding ortho intramolecular Hbond substituents is 1. The SMILES string of the molecule is OCC1(CCc2nnc(-c3ccc(Cl)cc3O)c3ccncc23)CC1. The summed E-state index contributed by atoms with van der Waals surface area (Å²) in [7, 11) is 0. The molecule has 0 radical (unpaired) electrons. The number of pyridine rings is 1. The molecule has 0 spiro atoms. The Morgan fingerprint density at radius 3 is 2.68 bits per heavy atom. The van der Waals surface area contributed by atoms with E-state index >= 15 is 0 Å². The maximum Gasteiger partial charge on any atom is 0.126 e. The molecule has 0 bridgehead atoms. The van der Waals surface area contributed by atoms with Gasteiger partial charge in [0.05, 0.1) is 5.69 Å². The Bertz CT molecular complexity index is 941. The van der Waals surface area contributed by atoms with Gasteiger partial charge in [-0.1, -0.05) is 11.6 Å². The second kappa shape index (κ2) is 6.24.